The van der Waals surface area contributed by atoms with Crippen molar-refractivity contribution in [3.63, 3.8) is 0 Å². The summed E-state index contributed by atoms with van der Waals surface area (Å²) in [6.45, 7) is 8.42. The Kier molecular flexibility index (Phi) is 12.5. The summed E-state index contributed by atoms with van der Waals surface area (Å²) in [6.07, 6.45) is 2.00. The Labute approximate surface area is 213 Å². The maximum absolute atomic E-state index is 12.6. The zero-order valence-electron chi connectivity index (χ0n) is 19.3. The number of hydrogen-bond donors (Lipinski definition) is 3. The topological polar surface area (TPSA) is 104 Å². The van der Waals surface area contributed by atoms with Crippen molar-refractivity contribution < 1.29 is 19.1 Å². The van der Waals surface area contributed by atoms with Crippen molar-refractivity contribution in [3.05, 3.63) is 35.4 Å². The number of aliphatic imine (C=N–C) groups is 1. The van der Waals surface area contributed by atoms with E-state index < -0.39 is 0 Å². The van der Waals surface area contributed by atoms with Gasteiger partial charge in [0.05, 0.1) is 26.3 Å². The first kappa shape index (κ1) is 27.3. The van der Waals surface area contributed by atoms with Crippen molar-refractivity contribution in [3.8, 4) is 0 Å². The summed E-state index contributed by atoms with van der Waals surface area (Å²) in [7, 11) is 0. The maximum Gasteiger partial charge on any atom is 0.254 e. The van der Waals surface area contributed by atoms with Crippen LogP contribution in [0, 0.1) is 5.92 Å². The van der Waals surface area contributed by atoms with Crippen molar-refractivity contribution in [2.75, 3.05) is 59.2 Å². The predicted molar refractivity (Wildman–Crippen MR) is 138 cm³/mol. The van der Waals surface area contributed by atoms with Gasteiger partial charge in [-0.2, -0.15) is 0 Å². The van der Waals surface area contributed by atoms with Crippen LogP contribution in [0.15, 0.2) is 29.3 Å². The SMILES string of the molecule is CCNC(=NCc1ccc(C(=O)N2CCNC(=O)C2)cc1)NCCCOCC1CCOC1.I. The summed E-state index contributed by atoms with van der Waals surface area (Å²) in [4.78, 5) is 30.3. The van der Waals surface area contributed by atoms with E-state index in [9.17, 15) is 9.59 Å². The van der Waals surface area contributed by atoms with E-state index in [-0.39, 0.29) is 42.3 Å². The van der Waals surface area contributed by atoms with E-state index in [1.54, 1.807) is 17.0 Å². The fraction of sp³-hybridized carbons (Fsp3) is 0.609. The molecule has 1 aromatic rings. The molecule has 2 saturated heterocycles. The molecule has 2 aliphatic heterocycles. The molecule has 2 fully saturated rings. The molecule has 2 amide bonds. The maximum atomic E-state index is 12.6. The molecule has 0 radical (unpaired) electrons. The highest BCUT2D eigenvalue weighted by Gasteiger charge is 2.22. The molecule has 0 spiro atoms. The molecule has 0 bridgehead atoms. The minimum absolute atomic E-state index is 0. The van der Waals surface area contributed by atoms with Crippen molar-refractivity contribution in [2.24, 2.45) is 10.9 Å². The second kappa shape index (κ2) is 15.1. The number of benzene rings is 1. The summed E-state index contributed by atoms with van der Waals surface area (Å²) in [5, 5.41) is 9.31. The lowest BCUT2D eigenvalue weighted by Crippen LogP contribution is -2.49. The first-order valence-electron chi connectivity index (χ1n) is 11.5. The first-order chi connectivity index (χ1) is 15.7. The summed E-state index contributed by atoms with van der Waals surface area (Å²) < 4.78 is 11.1. The number of carbonyl (C=O) groups is 2. The summed E-state index contributed by atoms with van der Waals surface area (Å²) in [5.41, 5.74) is 1.60. The quantitative estimate of drug-likeness (QED) is 0.169. The van der Waals surface area contributed by atoms with Gasteiger partial charge in [-0.15, -0.1) is 24.0 Å². The van der Waals surface area contributed by atoms with Gasteiger partial charge in [0.25, 0.3) is 5.91 Å². The molecule has 1 atom stereocenters. The highest BCUT2D eigenvalue weighted by Crippen LogP contribution is 2.12. The van der Waals surface area contributed by atoms with Crippen LogP contribution in [-0.4, -0.2) is 81.8 Å². The Morgan fingerprint density at radius 3 is 2.82 bits per heavy atom. The van der Waals surface area contributed by atoms with Crippen LogP contribution in [0.4, 0.5) is 0 Å². The highest BCUT2D eigenvalue weighted by molar-refractivity contribution is 14.0. The first-order valence-corrected chi connectivity index (χ1v) is 11.5. The lowest BCUT2D eigenvalue weighted by atomic mass is 10.1. The monoisotopic (exact) mass is 573 g/mol. The third kappa shape index (κ3) is 9.46. The summed E-state index contributed by atoms with van der Waals surface area (Å²) in [5.74, 6) is 1.07. The van der Waals surface area contributed by atoms with Crippen molar-refractivity contribution >= 4 is 41.8 Å². The second-order valence-corrected chi connectivity index (χ2v) is 8.05. The molecular formula is C23H36IN5O4. The van der Waals surface area contributed by atoms with Crippen molar-refractivity contribution in [1.29, 1.82) is 0 Å². The smallest absolute Gasteiger partial charge is 0.254 e. The van der Waals surface area contributed by atoms with E-state index in [4.69, 9.17) is 9.47 Å². The molecule has 9 nitrogen and oxygen atoms in total. The van der Waals surface area contributed by atoms with Crippen LogP contribution in [0.1, 0.15) is 35.7 Å². The van der Waals surface area contributed by atoms with Gasteiger partial charge in [-0.05, 0) is 37.5 Å². The van der Waals surface area contributed by atoms with Gasteiger partial charge in [-0.25, -0.2) is 4.99 Å². The lowest BCUT2D eigenvalue weighted by Gasteiger charge is -2.26. The Morgan fingerprint density at radius 2 is 2.12 bits per heavy atom. The minimum atomic E-state index is -0.118. The largest absolute Gasteiger partial charge is 0.381 e. The molecule has 0 saturated carbocycles. The number of ether oxygens (including phenoxy) is 2. The van der Waals surface area contributed by atoms with Crippen LogP contribution in [0.5, 0.6) is 0 Å². The Balaban J connectivity index is 0.00000385. The van der Waals surface area contributed by atoms with E-state index in [0.29, 0.717) is 31.1 Å². The number of nitrogens with one attached hydrogen (secondary N) is 3. The van der Waals surface area contributed by atoms with Crippen LogP contribution in [0.2, 0.25) is 0 Å². The lowest BCUT2D eigenvalue weighted by molar-refractivity contribution is -0.123. The molecule has 2 aliphatic rings. The van der Waals surface area contributed by atoms with E-state index in [0.717, 1.165) is 63.9 Å². The molecule has 2 heterocycles. The number of carbonyl (C=O) groups excluding carboxylic acids is 2. The zero-order chi connectivity index (χ0) is 22.6. The molecular weight excluding hydrogens is 537 g/mol. The number of amides is 2. The van der Waals surface area contributed by atoms with Gasteiger partial charge >= 0.3 is 0 Å². The van der Waals surface area contributed by atoms with Crippen LogP contribution >= 0.6 is 24.0 Å². The molecule has 33 heavy (non-hydrogen) atoms. The number of rotatable bonds is 10. The third-order valence-electron chi connectivity index (χ3n) is 5.43. The number of nitrogens with zero attached hydrogens (tertiary/aromatic N) is 2. The summed E-state index contributed by atoms with van der Waals surface area (Å²) in [6, 6.07) is 7.41. The fourth-order valence-corrected chi connectivity index (χ4v) is 3.61. The number of halogens is 1. The molecule has 1 unspecified atom stereocenters. The van der Waals surface area contributed by atoms with E-state index >= 15 is 0 Å². The van der Waals surface area contributed by atoms with Gasteiger partial charge in [0.15, 0.2) is 5.96 Å². The second-order valence-electron chi connectivity index (χ2n) is 8.05. The standard InChI is InChI=1S/C23H35N5O4.HI/c1-2-24-23(26-9-3-12-31-16-19-8-13-32-17-19)27-14-18-4-6-20(7-5-18)22(30)28-11-10-25-21(29)15-28;/h4-7,19H,2-3,8-17H2,1H3,(H,25,29)(H2,24,26,27);1H. The Hall–Kier alpha value is -1.92. The van der Waals surface area contributed by atoms with Crippen LogP contribution in [0.3, 0.4) is 0 Å². The molecule has 10 heteroatoms. The van der Waals surface area contributed by atoms with Gasteiger partial charge in [-0.3, -0.25) is 9.59 Å². The number of piperazine rings is 1. The number of guanidine groups is 1. The van der Waals surface area contributed by atoms with Crippen molar-refractivity contribution in [2.45, 2.75) is 26.3 Å². The normalized spacial score (nSPS) is 18.5. The molecule has 0 aromatic heterocycles. The van der Waals surface area contributed by atoms with Gasteiger partial charge < -0.3 is 30.3 Å². The molecule has 0 aliphatic carbocycles. The van der Waals surface area contributed by atoms with E-state index in [1.807, 2.05) is 19.1 Å². The van der Waals surface area contributed by atoms with Crippen molar-refractivity contribution in [1.82, 2.24) is 20.9 Å². The predicted octanol–water partition coefficient (Wildman–Crippen LogP) is 1.37. The zero-order valence-corrected chi connectivity index (χ0v) is 21.6. The summed E-state index contributed by atoms with van der Waals surface area (Å²) >= 11 is 0. The third-order valence-corrected chi connectivity index (χ3v) is 5.43. The van der Waals surface area contributed by atoms with Gasteiger partial charge in [0.1, 0.15) is 0 Å². The van der Waals surface area contributed by atoms with Gasteiger partial charge in [0.2, 0.25) is 5.91 Å². The van der Waals surface area contributed by atoms with Crippen LogP contribution in [-0.2, 0) is 20.8 Å². The number of hydrogen-bond acceptors (Lipinski definition) is 5. The van der Waals surface area contributed by atoms with E-state index in [2.05, 4.69) is 20.9 Å². The van der Waals surface area contributed by atoms with Gasteiger partial charge in [-0.1, -0.05) is 12.1 Å². The van der Waals surface area contributed by atoms with Crippen LogP contribution in [0.25, 0.3) is 0 Å². The Bertz CT molecular complexity index is 769. The average Bonchev–Trinajstić information content (AvgIpc) is 3.33. The molecule has 184 valence electrons. The average molecular weight is 573 g/mol. The Morgan fingerprint density at radius 1 is 1.30 bits per heavy atom. The fourth-order valence-electron chi connectivity index (χ4n) is 3.61. The minimum Gasteiger partial charge on any atom is -0.381 e. The van der Waals surface area contributed by atoms with E-state index in [1.165, 1.54) is 0 Å². The molecule has 3 N–H and O–H groups in total. The molecule has 3 rings (SSSR count). The van der Waals surface area contributed by atoms with Gasteiger partial charge in [0, 0.05) is 50.9 Å². The molecule has 1 aromatic carbocycles. The van der Waals surface area contributed by atoms with Crippen LogP contribution < -0.4 is 16.0 Å². The highest BCUT2D eigenvalue weighted by atomic mass is 127.